The normalized spacial score (nSPS) is 12.5. The van der Waals surface area contributed by atoms with Crippen LogP contribution in [0.15, 0.2) is 34.2 Å². The average molecular weight is 325 g/mol. The summed E-state index contributed by atoms with van der Waals surface area (Å²) in [5.41, 5.74) is 1.01. The van der Waals surface area contributed by atoms with Gasteiger partial charge in [0.1, 0.15) is 0 Å². The summed E-state index contributed by atoms with van der Waals surface area (Å²) in [6.07, 6.45) is 3.52. The van der Waals surface area contributed by atoms with E-state index in [0.29, 0.717) is 17.4 Å². The smallest absolute Gasteiger partial charge is 0.191 e. The molecule has 124 valence electrons. The Balaban J connectivity index is 2.43. The van der Waals surface area contributed by atoms with E-state index in [4.69, 9.17) is 0 Å². The van der Waals surface area contributed by atoms with Crippen molar-refractivity contribution < 1.29 is 8.42 Å². The van der Waals surface area contributed by atoms with Crippen LogP contribution in [0.25, 0.3) is 0 Å². The van der Waals surface area contributed by atoms with Crippen molar-refractivity contribution in [3.63, 3.8) is 0 Å². The lowest BCUT2D eigenvalue weighted by Gasteiger charge is -2.12. The van der Waals surface area contributed by atoms with E-state index >= 15 is 0 Å². The van der Waals surface area contributed by atoms with Gasteiger partial charge in [0.15, 0.2) is 15.8 Å². The van der Waals surface area contributed by atoms with E-state index in [1.807, 2.05) is 12.1 Å². The predicted octanol–water partition coefficient (Wildman–Crippen LogP) is 2.19. The monoisotopic (exact) mass is 325 g/mol. The van der Waals surface area contributed by atoms with Gasteiger partial charge in [-0.1, -0.05) is 26.0 Å². The van der Waals surface area contributed by atoms with Crippen LogP contribution in [-0.4, -0.2) is 34.2 Å². The highest BCUT2D eigenvalue weighted by Crippen LogP contribution is 2.10. The minimum absolute atomic E-state index is 0.340. The second-order valence-corrected chi connectivity index (χ2v) is 7.82. The summed E-state index contributed by atoms with van der Waals surface area (Å²) < 4.78 is 22.8. The molecule has 0 saturated heterocycles. The maximum atomic E-state index is 11.4. The Morgan fingerprint density at radius 1 is 1.18 bits per heavy atom. The van der Waals surface area contributed by atoms with E-state index in [1.54, 1.807) is 19.2 Å². The Hall–Kier alpha value is -1.56. The molecule has 2 N–H and O–H groups in total. The number of guanidine groups is 1. The lowest BCUT2D eigenvalue weighted by Crippen LogP contribution is -2.37. The van der Waals surface area contributed by atoms with Crippen molar-refractivity contribution in [2.45, 2.75) is 38.1 Å². The highest BCUT2D eigenvalue weighted by Gasteiger charge is 2.06. The molecule has 1 rings (SSSR count). The number of hydrogen-bond donors (Lipinski definition) is 2. The lowest BCUT2D eigenvalue weighted by atomic mass is 10.1. The van der Waals surface area contributed by atoms with Crippen molar-refractivity contribution in [2.75, 3.05) is 19.8 Å². The van der Waals surface area contributed by atoms with Crippen molar-refractivity contribution in [1.29, 1.82) is 0 Å². The van der Waals surface area contributed by atoms with Gasteiger partial charge in [-0.05, 0) is 36.5 Å². The first-order valence-electron chi connectivity index (χ1n) is 7.56. The van der Waals surface area contributed by atoms with Gasteiger partial charge in [-0.2, -0.15) is 0 Å². The van der Waals surface area contributed by atoms with Gasteiger partial charge in [-0.3, -0.25) is 4.99 Å². The minimum atomic E-state index is -3.13. The fourth-order valence-electron chi connectivity index (χ4n) is 1.98. The van der Waals surface area contributed by atoms with E-state index < -0.39 is 9.84 Å². The maximum Gasteiger partial charge on any atom is 0.191 e. The molecule has 0 unspecified atom stereocenters. The van der Waals surface area contributed by atoms with Gasteiger partial charge >= 0.3 is 0 Å². The summed E-state index contributed by atoms with van der Waals surface area (Å²) in [5, 5.41) is 6.50. The molecule has 0 amide bonds. The molecule has 22 heavy (non-hydrogen) atoms. The number of benzene rings is 1. The van der Waals surface area contributed by atoms with E-state index in [0.717, 1.165) is 24.5 Å². The number of aliphatic imine (C=N–C) groups is 1. The first-order valence-corrected chi connectivity index (χ1v) is 9.45. The Kier molecular flexibility index (Phi) is 7.38. The SMILES string of the molecule is CN=C(NCCCC(C)C)NCc1ccc(S(C)(=O)=O)cc1. The number of hydrogen-bond acceptors (Lipinski definition) is 3. The third-order valence-electron chi connectivity index (χ3n) is 3.29. The van der Waals surface area contributed by atoms with Crippen molar-refractivity contribution in [3.8, 4) is 0 Å². The Bertz CT molecular complexity index is 578. The molecule has 0 fully saturated rings. The number of sulfone groups is 1. The highest BCUT2D eigenvalue weighted by molar-refractivity contribution is 7.90. The summed E-state index contributed by atoms with van der Waals surface area (Å²) in [7, 11) is -1.39. The maximum absolute atomic E-state index is 11.4. The van der Waals surface area contributed by atoms with Crippen LogP contribution in [0.1, 0.15) is 32.3 Å². The molecule has 1 aromatic carbocycles. The molecule has 1 aromatic rings. The van der Waals surface area contributed by atoms with Gasteiger partial charge in [-0.25, -0.2) is 8.42 Å². The second kappa shape index (κ2) is 8.78. The summed E-state index contributed by atoms with van der Waals surface area (Å²) in [6.45, 7) is 5.93. The van der Waals surface area contributed by atoms with Crippen molar-refractivity contribution in [2.24, 2.45) is 10.9 Å². The van der Waals surface area contributed by atoms with Crippen LogP contribution in [0.5, 0.6) is 0 Å². The van der Waals surface area contributed by atoms with Crippen molar-refractivity contribution >= 4 is 15.8 Å². The van der Waals surface area contributed by atoms with Crippen LogP contribution < -0.4 is 10.6 Å². The van der Waals surface area contributed by atoms with E-state index in [2.05, 4.69) is 29.5 Å². The third kappa shape index (κ3) is 6.93. The molecule has 6 heteroatoms. The molecule has 0 heterocycles. The predicted molar refractivity (Wildman–Crippen MR) is 91.8 cm³/mol. The molecular weight excluding hydrogens is 298 g/mol. The van der Waals surface area contributed by atoms with Gasteiger partial charge in [-0.15, -0.1) is 0 Å². The first kappa shape index (κ1) is 18.5. The number of nitrogens with zero attached hydrogens (tertiary/aromatic N) is 1. The van der Waals surface area contributed by atoms with Crippen LogP contribution >= 0.6 is 0 Å². The van der Waals surface area contributed by atoms with Gasteiger partial charge in [0.05, 0.1) is 4.90 Å². The van der Waals surface area contributed by atoms with Crippen molar-refractivity contribution in [3.05, 3.63) is 29.8 Å². The summed E-state index contributed by atoms with van der Waals surface area (Å²) in [4.78, 5) is 4.52. The van der Waals surface area contributed by atoms with Crippen LogP contribution in [-0.2, 0) is 16.4 Å². The summed E-state index contributed by atoms with van der Waals surface area (Å²) in [5.74, 6) is 1.47. The van der Waals surface area contributed by atoms with Crippen LogP contribution in [0.3, 0.4) is 0 Å². The van der Waals surface area contributed by atoms with Crippen LogP contribution in [0, 0.1) is 5.92 Å². The van der Waals surface area contributed by atoms with E-state index in [1.165, 1.54) is 12.7 Å². The molecule has 0 aliphatic carbocycles. The summed E-state index contributed by atoms with van der Waals surface area (Å²) in [6, 6.07) is 6.89. The van der Waals surface area contributed by atoms with Crippen molar-refractivity contribution in [1.82, 2.24) is 10.6 Å². The average Bonchev–Trinajstić information content (AvgIpc) is 2.46. The van der Waals surface area contributed by atoms with Crippen LogP contribution in [0.4, 0.5) is 0 Å². The second-order valence-electron chi connectivity index (χ2n) is 5.80. The molecule has 0 aliphatic heterocycles. The molecule has 0 atom stereocenters. The van der Waals surface area contributed by atoms with E-state index in [-0.39, 0.29) is 0 Å². The molecule has 0 bridgehead atoms. The quantitative estimate of drug-likeness (QED) is 0.458. The molecular formula is C16H27N3O2S. The van der Waals surface area contributed by atoms with Gasteiger partial charge in [0.25, 0.3) is 0 Å². The van der Waals surface area contributed by atoms with Crippen LogP contribution in [0.2, 0.25) is 0 Å². The van der Waals surface area contributed by atoms with Gasteiger partial charge in [0.2, 0.25) is 0 Å². The minimum Gasteiger partial charge on any atom is -0.356 e. The zero-order valence-corrected chi connectivity index (χ0v) is 14.7. The molecule has 5 nitrogen and oxygen atoms in total. The van der Waals surface area contributed by atoms with Gasteiger partial charge in [0, 0.05) is 26.4 Å². The molecule has 0 aliphatic rings. The standard InChI is InChI=1S/C16H27N3O2S/c1-13(2)6-5-11-18-16(17-3)19-12-14-7-9-15(10-8-14)22(4,20)21/h7-10,13H,5-6,11-12H2,1-4H3,(H2,17,18,19). The zero-order valence-electron chi connectivity index (χ0n) is 13.9. The highest BCUT2D eigenvalue weighted by atomic mass is 32.2. The lowest BCUT2D eigenvalue weighted by molar-refractivity contribution is 0.549. The zero-order chi connectivity index (χ0) is 16.6. The molecule has 0 saturated carbocycles. The van der Waals surface area contributed by atoms with Gasteiger partial charge < -0.3 is 10.6 Å². The first-order chi connectivity index (χ1) is 10.3. The number of rotatable bonds is 7. The Labute approximate surface area is 134 Å². The molecule has 0 spiro atoms. The largest absolute Gasteiger partial charge is 0.356 e. The number of nitrogens with one attached hydrogen (secondary N) is 2. The topological polar surface area (TPSA) is 70.6 Å². The Morgan fingerprint density at radius 3 is 2.32 bits per heavy atom. The summed E-state index contributed by atoms with van der Waals surface area (Å²) >= 11 is 0. The fraction of sp³-hybridized carbons (Fsp3) is 0.562. The molecule has 0 aromatic heterocycles. The van der Waals surface area contributed by atoms with E-state index in [9.17, 15) is 8.42 Å². The molecule has 0 radical (unpaired) electrons. The fourth-order valence-corrected chi connectivity index (χ4v) is 2.61. The third-order valence-corrected chi connectivity index (χ3v) is 4.41. The Morgan fingerprint density at radius 2 is 1.82 bits per heavy atom.